The first-order valence-electron chi connectivity index (χ1n) is 7.33. The Kier molecular flexibility index (Phi) is 4.96. The van der Waals surface area contributed by atoms with Crippen molar-refractivity contribution < 1.29 is 4.42 Å². The monoisotopic (exact) mass is 272 g/mol. The van der Waals surface area contributed by atoms with Gasteiger partial charge in [-0.05, 0) is 51.4 Å². The van der Waals surface area contributed by atoms with E-state index >= 15 is 0 Å². The fourth-order valence-electron chi connectivity index (χ4n) is 2.64. The Morgan fingerprint density at radius 3 is 2.55 bits per heavy atom. The van der Waals surface area contributed by atoms with E-state index in [0.717, 1.165) is 36.6 Å². The first-order chi connectivity index (χ1) is 9.63. The molecule has 1 unspecified atom stereocenters. The maximum absolute atomic E-state index is 5.78. The number of hydrogen-bond acceptors (Lipinski definition) is 3. The third-order valence-corrected chi connectivity index (χ3v) is 3.75. The third kappa shape index (κ3) is 3.28. The van der Waals surface area contributed by atoms with Crippen molar-refractivity contribution >= 4 is 0 Å². The molecular formula is C17H24N2O. The molecule has 20 heavy (non-hydrogen) atoms. The molecular weight excluding hydrogens is 248 g/mol. The predicted octanol–water partition coefficient (Wildman–Crippen LogP) is 3.88. The molecule has 0 spiro atoms. The molecule has 0 amide bonds. The number of aryl methyl sites for hydroxylation is 2. The lowest BCUT2D eigenvalue weighted by molar-refractivity contribution is 0.478. The molecule has 0 bridgehead atoms. The molecule has 0 aliphatic rings. The van der Waals surface area contributed by atoms with E-state index in [1.165, 1.54) is 11.1 Å². The van der Waals surface area contributed by atoms with Gasteiger partial charge in [-0.15, -0.1) is 0 Å². The standard InChI is InChI=1S/C17H24N2O/c1-5-9-19-16(11-15-8-6-7-10-18-15)17-12(2)13(3)20-14(17)4/h6-8,10,16,19H,5,9,11H2,1-4H3. The van der Waals surface area contributed by atoms with Gasteiger partial charge in [-0.1, -0.05) is 13.0 Å². The first kappa shape index (κ1) is 14.8. The average Bonchev–Trinajstić information content (AvgIpc) is 2.70. The predicted molar refractivity (Wildman–Crippen MR) is 81.9 cm³/mol. The Labute approximate surface area is 121 Å². The SMILES string of the molecule is CCCNC(Cc1ccccn1)c1c(C)oc(C)c1C. The number of nitrogens with zero attached hydrogens (tertiary/aromatic N) is 1. The molecule has 0 aromatic carbocycles. The van der Waals surface area contributed by atoms with E-state index in [1.807, 2.05) is 32.2 Å². The summed E-state index contributed by atoms with van der Waals surface area (Å²) >= 11 is 0. The van der Waals surface area contributed by atoms with Crippen molar-refractivity contribution in [3.05, 3.63) is 52.7 Å². The number of pyridine rings is 1. The molecule has 1 N–H and O–H groups in total. The van der Waals surface area contributed by atoms with Crippen LogP contribution < -0.4 is 5.32 Å². The van der Waals surface area contributed by atoms with Gasteiger partial charge in [-0.2, -0.15) is 0 Å². The van der Waals surface area contributed by atoms with Gasteiger partial charge in [-0.25, -0.2) is 0 Å². The Hall–Kier alpha value is -1.61. The van der Waals surface area contributed by atoms with Crippen LogP contribution in [0.15, 0.2) is 28.8 Å². The van der Waals surface area contributed by atoms with E-state index in [2.05, 4.69) is 30.2 Å². The summed E-state index contributed by atoms with van der Waals surface area (Å²) in [5, 5.41) is 3.63. The molecule has 2 rings (SSSR count). The second-order valence-corrected chi connectivity index (χ2v) is 5.29. The lowest BCUT2D eigenvalue weighted by Gasteiger charge is -2.19. The minimum absolute atomic E-state index is 0.266. The molecule has 2 heterocycles. The average molecular weight is 272 g/mol. The molecule has 0 radical (unpaired) electrons. The van der Waals surface area contributed by atoms with Crippen molar-refractivity contribution in [3.8, 4) is 0 Å². The second-order valence-electron chi connectivity index (χ2n) is 5.29. The van der Waals surface area contributed by atoms with Crippen molar-refractivity contribution in [2.24, 2.45) is 0 Å². The highest BCUT2D eigenvalue weighted by Crippen LogP contribution is 2.29. The zero-order valence-electron chi connectivity index (χ0n) is 12.9. The Morgan fingerprint density at radius 2 is 2.00 bits per heavy atom. The van der Waals surface area contributed by atoms with Gasteiger partial charge in [0, 0.05) is 29.9 Å². The molecule has 2 aromatic heterocycles. The lowest BCUT2D eigenvalue weighted by Crippen LogP contribution is -2.25. The molecule has 0 saturated carbocycles. The summed E-state index contributed by atoms with van der Waals surface area (Å²) < 4.78 is 5.78. The Bertz CT molecular complexity index is 546. The zero-order valence-corrected chi connectivity index (χ0v) is 12.9. The van der Waals surface area contributed by atoms with Gasteiger partial charge in [0.05, 0.1) is 0 Å². The number of hydrogen-bond donors (Lipinski definition) is 1. The van der Waals surface area contributed by atoms with Gasteiger partial charge in [0.2, 0.25) is 0 Å². The summed E-state index contributed by atoms with van der Waals surface area (Å²) in [6.45, 7) is 9.41. The maximum atomic E-state index is 5.78. The van der Waals surface area contributed by atoms with Gasteiger partial charge < -0.3 is 9.73 Å². The first-order valence-corrected chi connectivity index (χ1v) is 7.33. The highest BCUT2D eigenvalue weighted by Gasteiger charge is 2.21. The van der Waals surface area contributed by atoms with E-state index < -0.39 is 0 Å². The van der Waals surface area contributed by atoms with Crippen LogP contribution in [-0.2, 0) is 6.42 Å². The number of rotatable bonds is 6. The summed E-state index contributed by atoms with van der Waals surface area (Å²) in [7, 11) is 0. The van der Waals surface area contributed by atoms with Crippen molar-refractivity contribution in [1.29, 1.82) is 0 Å². The maximum Gasteiger partial charge on any atom is 0.106 e. The van der Waals surface area contributed by atoms with E-state index in [4.69, 9.17) is 4.42 Å². The second kappa shape index (κ2) is 6.71. The van der Waals surface area contributed by atoms with Crippen LogP contribution in [0.3, 0.4) is 0 Å². The van der Waals surface area contributed by atoms with Crippen molar-refractivity contribution in [2.75, 3.05) is 6.54 Å². The molecule has 3 heteroatoms. The molecule has 3 nitrogen and oxygen atoms in total. The largest absolute Gasteiger partial charge is 0.466 e. The van der Waals surface area contributed by atoms with Gasteiger partial charge >= 0.3 is 0 Å². The molecule has 0 aliphatic carbocycles. The van der Waals surface area contributed by atoms with Crippen LogP contribution in [0.25, 0.3) is 0 Å². The van der Waals surface area contributed by atoms with E-state index in [0.29, 0.717) is 0 Å². The Balaban J connectivity index is 2.27. The van der Waals surface area contributed by atoms with Crippen LogP contribution in [0.5, 0.6) is 0 Å². The summed E-state index contributed by atoms with van der Waals surface area (Å²) in [4.78, 5) is 4.45. The van der Waals surface area contributed by atoms with Crippen LogP contribution in [0.2, 0.25) is 0 Å². The molecule has 108 valence electrons. The van der Waals surface area contributed by atoms with Crippen LogP contribution in [0.1, 0.15) is 47.7 Å². The topological polar surface area (TPSA) is 38.1 Å². The highest BCUT2D eigenvalue weighted by molar-refractivity contribution is 5.35. The normalized spacial score (nSPS) is 12.6. The summed E-state index contributed by atoms with van der Waals surface area (Å²) in [6.07, 6.45) is 3.86. The van der Waals surface area contributed by atoms with Crippen LogP contribution >= 0.6 is 0 Å². The van der Waals surface area contributed by atoms with Crippen LogP contribution in [0, 0.1) is 20.8 Å². The molecule has 0 aliphatic heterocycles. The van der Waals surface area contributed by atoms with Crippen molar-refractivity contribution in [2.45, 2.75) is 46.6 Å². The quantitative estimate of drug-likeness (QED) is 0.867. The molecule has 0 saturated heterocycles. The molecule has 1 atom stereocenters. The van der Waals surface area contributed by atoms with Crippen molar-refractivity contribution in [3.63, 3.8) is 0 Å². The summed E-state index contributed by atoms with van der Waals surface area (Å²) in [5.74, 6) is 2.03. The minimum atomic E-state index is 0.266. The van der Waals surface area contributed by atoms with E-state index in [9.17, 15) is 0 Å². The van der Waals surface area contributed by atoms with Gasteiger partial charge in [0.15, 0.2) is 0 Å². The van der Waals surface area contributed by atoms with Crippen LogP contribution in [0.4, 0.5) is 0 Å². The highest BCUT2D eigenvalue weighted by atomic mass is 16.3. The smallest absolute Gasteiger partial charge is 0.106 e. The third-order valence-electron chi connectivity index (χ3n) is 3.75. The summed E-state index contributed by atoms with van der Waals surface area (Å²) in [6, 6.07) is 6.34. The number of nitrogens with one attached hydrogen (secondary N) is 1. The van der Waals surface area contributed by atoms with Crippen molar-refractivity contribution in [1.82, 2.24) is 10.3 Å². The Morgan fingerprint density at radius 1 is 1.20 bits per heavy atom. The van der Waals surface area contributed by atoms with Gasteiger partial charge in [-0.3, -0.25) is 4.98 Å². The zero-order chi connectivity index (χ0) is 14.5. The molecule has 0 fully saturated rings. The fourth-order valence-corrected chi connectivity index (χ4v) is 2.64. The summed E-state index contributed by atoms with van der Waals surface area (Å²) in [5.41, 5.74) is 3.66. The molecule has 2 aromatic rings. The van der Waals surface area contributed by atoms with E-state index in [-0.39, 0.29) is 6.04 Å². The van der Waals surface area contributed by atoms with Gasteiger partial charge in [0.25, 0.3) is 0 Å². The van der Waals surface area contributed by atoms with Gasteiger partial charge in [0.1, 0.15) is 11.5 Å². The fraction of sp³-hybridized carbons (Fsp3) is 0.471. The number of furan rings is 1. The van der Waals surface area contributed by atoms with Crippen LogP contribution in [-0.4, -0.2) is 11.5 Å². The minimum Gasteiger partial charge on any atom is -0.466 e. The number of aromatic nitrogens is 1. The van der Waals surface area contributed by atoms with E-state index in [1.54, 1.807) is 0 Å². The lowest BCUT2D eigenvalue weighted by atomic mass is 9.97.